The highest BCUT2D eigenvalue weighted by Gasteiger charge is 2.18. The summed E-state index contributed by atoms with van der Waals surface area (Å²) in [4.78, 5) is 0. The smallest absolute Gasteiger partial charge is 0.142 e. The van der Waals surface area contributed by atoms with E-state index in [0.717, 1.165) is 0 Å². The molecular formula is C13H18Cl2FNO. The molecule has 1 rings (SSSR count). The first-order chi connectivity index (χ1) is 8.47. The molecule has 1 aromatic carbocycles. The SMILES string of the molecule is CCOCC(C)NC(C)c1c(Cl)ccc(F)c1Cl. The van der Waals surface area contributed by atoms with Crippen LogP contribution in [0.5, 0.6) is 0 Å². The molecule has 0 aromatic heterocycles. The fourth-order valence-electron chi connectivity index (χ4n) is 1.79. The molecule has 5 heteroatoms. The highest BCUT2D eigenvalue weighted by molar-refractivity contribution is 6.36. The Bertz CT molecular complexity index is 401. The maximum Gasteiger partial charge on any atom is 0.142 e. The fourth-order valence-corrected chi connectivity index (χ4v) is 2.49. The van der Waals surface area contributed by atoms with E-state index in [9.17, 15) is 4.39 Å². The molecule has 0 spiro atoms. The van der Waals surface area contributed by atoms with Crippen molar-refractivity contribution in [3.63, 3.8) is 0 Å². The molecule has 2 nitrogen and oxygen atoms in total. The van der Waals surface area contributed by atoms with Crippen molar-refractivity contribution in [1.82, 2.24) is 5.32 Å². The normalized spacial score (nSPS) is 14.6. The van der Waals surface area contributed by atoms with Gasteiger partial charge in [-0.1, -0.05) is 23.2 Å². The average Bonchev–Trinajstić information content (AvgIpc) is 2.31. The fraction of sp³-hybridized carbons (Fsp3) is 0.538. The Labute approximate surface area is 117 Å². The van der Waals surface area contributed by atoms with E-state index in [4.69, 9.17) is 27.9 Å². The van der Waals surface area contributed by atoms with Gasteiger partial charge in [-0.15, -0.1) is 0 Å². The molecule has 0 aliphatic rings. The Morgan fingerprint density at radius 1 is 1.33 bits per heavy atom. The van der Waals surface area contributed by atoms with Crippen molar-refractivity contribution in [2.24, 2.45) is 0 Å². The maximum atomic E-state index is 13.4. The number of nitrogens with one attached hydrogen (secondary N) is 1. The van der Waals surface area contributed by atoms with Crippen molar-refractivity contribution < 1.29 is 9.13 Å². The summed E-state index contributed by atoms with van der Waals surface area (Å²) in [5.74, 6) is -0.456. The van der Waals surface area contributed by atoms with E-state index in [1.54, 1.807) is 0 Å². The second-order valence-electron chi connectivity index (χ2n) is 4.21. The molecule has 0 aliphatic carbocycles. The number of ether oxygens (including phenoxy) is 1. The Morgan fingerprint density at radius 3 is 2.61 bits per heavy atom. The third-order valence-corrected chi connectivity index (χ3v) is 3.33. The predicted molar refractivity (Wildman–Crippen MR) is 73.9 cm³/mol. The summed E-state index contributed by atoms with van der Waals surface area (Å²) in [6.45, 7) is 7.09. The Hall–Kier alpha value is -0.350. The highest BCUT2D eigenvalue weighted by atomic mass is 35.5. The average molecular weight is 294 g/mol. The molecule has 2 atom stereocenters. The van der Waals surface area contributed by atoms with Gasteiger partial charge in [-0.3, -0.25) is 0 Å². The van der Waals surface area contributed by atoms with Crippen LogP contribution in [0.3, 0.4) is 0 Å². The van der Waals surface area contributed by atoms with Crippen molar-refractivity contribution in [2.75, 3.05) is 13.2 Å². The molecule has 1 aromatic rings. The Kier molecular flexibility index (Phi) is 6.36. The summed E-state index contributed by atoms with van der Waals surface area (Å²) >= 11 is 12.0. The van der Waals surface area contributed by atoms with Gasteiger partial charge in [0.1, 0.15) is 5.82 Å². The summed E-state index contributed by atoms with van der Waals surface area (Å²) in [6.07, 6.45) is 0. The van der Waals surface area contributed by atoms with E-state index in [1.807, 2.05) is 20.8 Å². The van der Waals surface area contributed by atoms with E-state index >= 15 is 0 Å². The number of halogens is 3. The second-order valence-corrected chi connectivity index (χ2v) is 4.99. The van der Waals surface area contributed by atoms with Crippen molar-refractivity contribution in [3.8, 4) is 0 Å². The zero-order valence-corrected chi connectivity index (χ0v) is 12.3. The Morgan fingerprint density at radius 2 is 2.00 bits per heavy atom. The van der Waals surface area contributed by atoms with Crippen molar-refractivity contribution >= 4 is 23.2 Å². The van der Waals surface area contributed by atoms with Gasteiger partial charge < -0.3 is 10.1 Å². The maximum absolute atomic E-state index is 13.4. The lowest BCUT2D eigenvalue weighted by Gasteiger charge is -2.22. The Balaban J connectivity index is 2.78. The lowest BCUT2D eigenvalue weighted by Crippen LogP contribution is -2.33. The third-order valence-electron chi connectivity index (χ3n) is 2.62. The predicted octanol–water partition coefficient (Wildman–Crippen LogP) is 4.21. The molecule has 18 heavy (non-hydrogen) atoms. The molecule has 0 fully saturated rings. The van der Waals surface area contributed by atoms with Gasteiger partial charge in [-0.25, -0.2) is 4.39 Å². The molecule has 0 amide bonds. The van der Waals surface area contributed by atoms with Gasteiger partial charge in [-0.05, 0) is 32.9 Å². The quantitative estimate of drug-likeness (QED) is 0.794. The van der Waals surface area contributed by atoms with Crippen molar-refractivity contribution in [2.45, 2.75) is 32.9 Å². The number of hydrogen-bond acceptors (Lipinski definition) is 2. The molecule has 1 N–H and O–H groups in total. The van der Waals surface area contributed by atoms with E-state index in [0.29, 0.717) is 23.8 Å². The van der Waals surface area contributed by atoms with Crippen molar-refractivity contribution in [1.29, 1.82) is 0 Å². The minimum atomic E-state index is -0.456. The van der Waals surface area contributed by atoms with Gasteiger partial charge in [0.25, 0.3) is 0 Å². The number of benzene rings is 1. The van der Waals surface area contributed by atoms with Crippen molar-refractivity contribution in [3.05, 3.63) is 33.6 Å². The topological polar surface area (TPSA) is 21.3 Å². The van der Waals surface area contributed by atoms with Gasteiger partial charge in [-0.2, -0.15) is 0 Å². The summed E-state index contributed by atoms with van der Waals surface area (Å²) < 4.78 is 18.7. The largest absolute Gasteiger partial charge is 0.380 e. The van der Waals surface area contributed by atoms with E-state index < -0.39 is 5.82 Å². The van der Waals surface area contributed by atoms with Gasteiger partial charge in [0.05, 0.1) is 11.6 Å². The third kappa shape index (κ3) is 4.09. The molecule has 0 bridgehead atoms. The zero-order chi connectivity index (χ0) is 13.7. The van der Waals surface area contributed by atoms with Crippen LogP contribution in [-0.4, -0.2) is 19.3 Å². The van der Waals surface area contributed by atoms with Crippen LogP contribution in [0.15, 0.2) is 12.1 Å². The molecule has 0 saturated carbocycles. The van der Waals surface area contributed by atoms with E-state index in [-0.39, 0.29) is 17.1 Å². The van der Waals surface area contributed by atoms with Crippen LogP contribution in [0.2, 0.25) is 10.0 Å². The minimum Gasteiger partial charge on any atom is -0.380 e. The molecule has 102 valence electrons. The van der Waals surface area contributed by atoms with Crippen LogP contribution in [0, 0.1) is 5.82 Å². The molecule has 0 heterocycles. The minimum absolute atomic E-state index is 0.0751. The van der Waals surface area contributed by atoms with Crippen LogP contribution >= 0.6 is 23.2 Å². The summed E-state index contributed by atoms with van der Waals surface area (Å²) in [5.41, 5.74) is 0.585. The summed E-state index contributed by atoms with van der Waals surface area (Å²) in [6, 6.07) is 2.78. The van der Waals surface area contributed by atoms with Crippen LogP contribution in [0.4, 0.5) is 4.39 Å². The van der Waals surface area contributed by atoms with Crippen LogP contribution < -0.4 is 5.32 Å². The highest BCUT2D eigenvalue weighted by Crippen LogP contribution is 2.32. The molecule has 0 saturated heterocycles. The monoisotopic (exact) mass is 293 g/mol. The first kappa shape index (κ1) is 15.7. The molecular weight excluding hydrogens is 276 g/mol. The summed E-state index contributed by atoms with van der Waals surface area (Å²) in [7, 11) is 0. The molecule has 2 unspecified atom stereocenters. The lowest BCUT2D eigenvalue weighted by molar-refractivity contribution is 0.124. The zero-order valence-electron chi connectivity index (χ0n) is 10.8. The van der Waals surface area contributed by atoms with Gasteiger partial charge >= 0.3 is 0 Å². The second kappa shape index (κ2) is 7.29. The lowest BCUT2D eigenvalue weighted by atomic mass is 10.1. The van der Waals surface area contributed by atoms with E-state index in [2.05, 4.69) is 5.32 Å². The molecule has 0 radical (unpaired) electrons. The standard InChI is InChI=1S/C13H18Cl2FNO/c1-4-18-7-8(2)17-9(3)12-10(14)5-6-11(16)13(12)15/h5-6,8-9,17H,4,7H2,1-3H3. The first-order valence-electron chi connectivity index (χ1n) is 5.94. The van der Waals surface area contributed by atoms with E-state index in [1.165, 1.54) is 12.1 Å². The van der Waals surface area contributed by atoms with Gasteiger partial charge in [0.2, 0.25) is 0 Å². The van der Waals surface area contributed by atoms with Gasteiger partial charge in [0, 0.05) is 29.3 Å². The number of hydrogen-bond donors (Lipinski definition) is 1. The van der Waals surface area contributed by atoms with Gasteiger partial charge in [0.15, 0.2) is 0 Å². The number of rotatable bonds is 6. The first-order valence-corrected chi connectivity index (χ1v) is 6.70. The summed E-state index contributed by atoms with van der Waals surface area (Å²) in [5, 5.41) is 3.82. The van der Waals surface area contributed by atoms with Crippen LogP contribution in [-0.2, 0) is 4.74 Å². The molecule has 0 aliphatic heterocycles. The van der Waals surface area contributed by atoms with Crippen LogP contribution in [0.1, 0.15) is 32.4 Å². The van der Waals surface area contributed by atoms with Crippen LogP contribution in [0.25, 0.3) is 0 Å².